The van der Waals surface area contributed by atoms with Gasteiger partial charge in [0, 0.05) is 30.3 Å². The smallest absolute Gasteiger partial charge is 0.229 e. The number of nitrogens with one attached hydrogen (secondary N) is 2. The van der Waals surface area contributed by atoms with Gasteiger partial charge in [0.05, 0.1) is 18.7 Å². The molecular formula is C20H22ClN4O2-. The second kappa shape index (κ2) is 8.88. The summed E-state index contributed by atoms with van der Waals surface area (Å²) in [4.78, 5) is 9.32. The first kappa shape index (κ1) is 19.2. The number of nitrogens with zero attached hydrogens (tertiary/aromatic N) is 2. The molecule has 1 aliphatic rings. The van der Waals surface area contributed by atoms with Crippen molar-refractivity contribution >= 4 is 28.4 Å². The Labute approximate surface area is 164 Å². The van der Waals surface area contributed by atoms with Gasteiger partial charge in [0.2, 0.25) is 5.95 Å². The lowest BCUT2D eigenvalue weighted by molar-refractivity contribution is -0.00000689. The number of ether oxygens (including phenoxy) is 2. The maximum atomic E-state index is 5.70. The minimum atomic E-state index is 0. The van der Waals surface area contributed by atoms with Gasteiger partial charge in [0.15, 0.2) is 0 Å². The fourth-order valence-corrected chi connectivity index (χ4v) is 3.11. The van der Waals surface area contributed by atoms with E-state index in [-0.39, 0.29) is 18.5 Å². The van der Waals surface area contributed by atoms with Gasteiger partial charge >= 0.3 is 0 Å². The number of aromatic nitrogens is 2. The Morgan fingerprint density at radius 3 is 2.85 bits per heavy atom. The van der Waals surface area contributed by atoms with Gasteiger partial charge in [-0.25, -0.2) is 4.98 Å². The van der Waals surface area contributed by atoms with E-state index in [0.29, 0.717) is 5.95 Å². The molecule has 142 valence electrons. The largest absolute Gasteiger partial charge is 1.00 e. The van der Waals surface area contributed by atoms with Crippen molar-refractivity contribution in [3.63, 3.8) is 0 Å². The predicted molar refractivity (Wildman–Crippen MR) is 103 cm³/mol. The zero-order valence-electron chi connectivity index (χ0n) is 15.1. The molecular weight excluding hydrogens is 364 g/mol. The lowest BCUT2D eigenvalue weighted by Gasteiger charge is -2.14. The Balaban J connectivity index is 0.00000210. The molecule has 1 aromatic heterocycles. The Morgan fingerprint density at radius 2 is 2.04 bits per heavy atom. The molecule has 7 heteroatoms. The molecule has 4 rings (SSSR count). The number of methoxy groups -OCH3 is 1. The highest BCUT2D eigenvalue weighted by molar-refractivity contribution is 5.90. The summed E-state index contributed by atoms with van der Waals surface area (Å²) in [6.07, 6.45) is 2.46. The maximum Gasteiger partial charge on any atom is 0.229 e. The van der Waals surface area contributed by atoms with Crippen molar-refractivity contribution in [2.45, 2.75) is 18.9 Å². The van der Waals surface area contributed by atoms with Gasteiger partial charge in [-0.1, -0.05) is 18.2 Å². The van der Waals surface area contributed by atoms with Crippen LogP contribution in [0.2, 0.25) is 0 Å². The highest BCUT2D eigenvalue weighted by Gasteiger charge is 2.16. The molecule has 0 aliphatic carbocycles. The predicted octanol–water partition coefficient (Wildman–Crippen LogP) is 0.977. The monoisotopic (exact) mass is 385 g/mol. The number of hydrogen-bond donors (Lipinski definition) is 2. The fraction of sp³-hybridized carbons (Fsp3) is 0.300. The quantitative estimate of drug-likeness (QED) is 0.659. The van der Waals surface area contributed by atoms with Gasteiger partial charge in [0.1, 0.15) is 11.6 Å². The van der Waals surface area contributed by atoms with Crippen LogP contribution in [0.1, 0.15) is 12.8 Å². The Kier molecular flexibility index (Phi) is 6.32. The number of rotatable bonds is 6. The normalized spacial score (nSPS) is 16.0. The number of benzene rings is 2. The van der Waals surface area contributed by atoms with E-state index in [1.165, 1.54) is 0 Å². The summed E-state index contributed by atoms with van der Waals surface area (Å²) in [5.74, 6) is 2.15. The zero-order chi connectivity index (χ0) is 17.8. The van der Waals surface area contributed by atoms with Crippen molar-refractivity contribution in [3.05, 3.63) is 48.5 Å². The van der Waals surface area contributed by atoms with Gasteiger partial charge in [-0.15, -0.1) is 0 Å². The third-order valence-corrected chi connectivity index (χ3v) is 4.45. The molecule has 0 spiro atoms. The summed E-state index contributed by atoms with van der Waals surface area (Å²) < 4.78 is 11.0. The van der Waals surface area contributed by atoms with Gasteiger partial charge < -0.3 is 32.5 Å². The van der Waals surface area contributed by atoms with E-state index >= 15 is 0 Å². The molecule has 0 saturated carbocycles. The van der Waals surface area contributed by atoms with E-state index < -0.39 is 0 Å². The number of para-hydroxylation sites is 1. The van der Waals surface area contributed by atoms with Gasteiger partial charge in [0.25, 0.3) is 0 Å². The fourth-order valence-electron chi connectivity index (χ4n) is 3.11. The molecule has 0 amide bonds. The van der Waals surface area contributed by atoms with Crippen molar-refractivity contribution in [1.82, 2.24) is 9.97 Å². The molecule has 1 atom stereocenters. The van der Waals surface area contributed by atoms with E-state index in [9.17, 15) is 0 Å². The van der Waals surface area contributed by atoms with Crippen LogP contribution in [-0.2, 0) is 4.74 Å². The third-order valence-electron chi connectivity index (χ3n) is 4.45. The second-order valence-corrected chi connectivity index (χ2v) is 6.29. The Hall–Kier alpha value is -2.57. The third kappa shape index (κ3) is 4.59. The molecule has 1 fully saturated rings. The van der Waals surface area contributed by atoms with Crippen LogP contribution < -0.4 is 27.8 Å². The summed E-state index contributed by atoms with van der Waals surface area (Å²) in [6, 6.07) is 15.7. The first-order valence-corrected chi connectivity index (χ1v) is 8.85. The molecule has 6 nitrogen and oxygen atoms in total. The highest BCUT2D eigenvalue weighted by atomic mass is 35.5. The summed E-state index contributed by atoms with van der Waals surface area (Å²) >= 11 is 0. The summed E-state index contributed by atoms with van der Waals surface area (Å²) in [7, 11) is 1.65. The molecule has 27 heavy (non-hydrogen) atoms. The minimum Gasteiger partial charge on any atom is -1.00 e. The standard InChI is InChI=1S/C20H22N4O2.ClH/c1-25-15-7-4-6-14(12-15)22-20-23-18-10-3-2-9-17(18)19(24-20)21-13-16-8-5-11-26-16;/h2-4,6-7,9-10,12,16H,5,8,11,13H2,1H3,(H2,21,22,23,24);1H/p-1. The minimum absolute atomic E-state index is 0. The molecule has 3 aromatic rings. The molecule has 1 saturated heterocycles. The Morgan fingerprint density at radius 1 is 1.15 bits per heavy atom. The SMILES string of the molecule is COc1cccc(Nc2nc(NCC3CCCO3)c3ccccc3n2)c1.[Cl-]. The van der Waals surface area contributed by atoms with Crippen LogP contribution in [0.3, 0.4) is 0 Å². The first-order valence-electron chi connectivity index (χ1n) is 8.85. The van der Waals surface area contributed by atoms with Crippen LogP contribution in [0.15, 0.2) is 48.5 Å². The van der Waals surface area contributed by atoms with E-state index in [1.54, 1.807) is 7.11 Å². The zero-order valence-corrected chi connectivity index (χ0v) is 15.9. The second-order valence-electron chi connectivity index (χ2n) is 6.29. The van der Waals surface area contributed by atoms with Crippen molar-refractivity contribution in [2.75, 3.05) is 30.9 Å². The molecule has 1 aliphatic heterocycles. The topological polar surface area (TPSA) is 68.3 Å². The van der Waals surface area contributed by atoms with Gasteiger partial charge in [-0.3, -0.25) is 0 Å². The van der Waals surface area contributed by atoms with E-state index in [4.69, 9.17) is 9.47 Å². The maximum absolute atomic E-state index is 5.70. The van der Waals surface area contributed by atoms with Crippen molar-refractivity contribution in [3.8, 4) is 5.75 Å². The van der Waals surface area contributed by atoms with E-state index in [0.717, 1.165) is 54.2 Å². The molecule has 0 bridgehead atoms. The van der Waals surface area contributed by atoms with Gasteiger partial charge in [-0.05, 0) is 37.1 Å². The molecule has 0 radical (unpaired) electrons. The van der Waals surface area contributed by atoms with E-state index in [2.05, 4.69) is 20.6 Å². The first-order chi connectivity index (χ1) is 12.8. The number of anilines is 3. The summed E-state index contributed by atoms with van der Waals surface area (Å²) in [6.45, 7) is 1.60. The van der Waals surface area contributed by atoms with Crippen molar-refractivity contribution < 1.29 is 21.9 Å². The molecule has 2 aromatic carbocycles. The van der Waals surface area contributed by atoms with Crippen LogP contribution in [0.4, 0.5) is 17.5 Å². The van der Waals surface area contributed by atoms with Crippen LogP contribution in [0, 0.1) is 0 Å². The number of hydrogen-bond acceptors (Lipinski definition) is 6. The van der Waals surface area contributed by atoms with Crippen LogP contribution in [0.5, 0.6) is 5.75 Å². The van der Waals surface area contributed by atoms with Crippen molar-refractivity contribution in [2.24, 2.45) is 0 Å². The van der Waals surface area contributed by atoms with Crippen LogP contribution >= 0.6 is 0 Å². The Bertz CT molecular complexity index is 900. The number of fused-ring (bicyclic) bond motifs is 1. The van der Waals surface area contributed by atoms with Crippen LogP contribution in [-0.4, -0.2) is 36.3 Å². The van der Waals surface area contributed by atoms with Crippen molar-refractivity contribution in [1.29, 1.82) is 0 Å². The van der Waals surface area contributed by atoms with Crippen LogP contribution in [0.25, 0.3) is 10.9 Å². The lowest BCUT2D eigenvalue weighted by Crippen LogP contribution is -3.00. The lowest BCUT2D eigenvalue weighted by atomic mass is 10.2. The average Bonchev–Trinajstić information content (AvgIpc) is 3.20. The molecule has 1 unspecified atom stereocenters. The van der Waals surface area contributed by atoms with Gasteiger partial charge in [-0.2, -0.15) is 4.98 Å². The van der Waals surface area contributed by atoms with E-state index in [1.807, 2.05) is 48.5 Å². The molecule has 2 N–H and O–H groups in total. The summed E-state index contributed by atoms with van der Waals surface area (Å²) in [5, 5.41) is 7.70. The molecule has 2 heterocycles. The number of halogens is 1. The summed E-state index contributed by atoms with van der Waals surface area (Å²) in [5.41, 5.74) is 1.77. The highest BCUT2D eigenvalue weighted by Crippen LogP contribution is 2.25. The average molecular weight is 386 g/mol.